The molecule has 0 nitrogen and oxygen atoms in total. The van der Waals surface area contributed by atoms with E-state index in [1.54, 1.807) is 0 Å². The molecule has 0 aromatic heterocycles. The minimum atomic E-state index is 0.778. The molecule has 0 atom stereocenters. The Labute approximate surface area is 87.2 Å². The van der Waals surface area contributed by atoms with Gasteiger partial charge in [0, 0.05) is 13.9 Å². The SMILES string of the molecule is Clc1ccc(CI)c(Br)c1. The quantitative estimate of drug-likeness (QED) is 0.538. The van der Waals surface area contributed by atoms with Gasteiger partial charge >= 0.3 is 0 Å². The molecular formula is C7H5BrClI. The predicted octanol–water partition coefficient (Wildman–Crippen LogP) is 4.04. The van der Waals surface area contributed by atoms with E-state index in [9.17, 15) is 0 Å². The fourth-order valence-electron chi connectivity index (χ4n) is 0.630. The monoisotopic (exact) mass is 330 g/mol. The lowest BCUT2D eigenvalue weighted by Gasteiger charge is -1.98. The van der Waals surface area contributed by atoms with Gasteiger partial charge in [-0.3, -0.25) is 0 Å². The summed E-state index contributed by atoms with van der Waals surface area (Å²) in [7, 11) is 0. The summed E-state index contributed by atoms with van der Waals surface area (Å²) in [6.45, 7) is 0. The molecule has 0 N–H and O–H groups in total. The molecule has 0 aliphatic heterocycles. The van der Waals surface area contributed by atoms with Gasteiger partial charge in [-0.2, -0.15) is 0 Å². The molecule has 0 aliphatic rings. The molecule has 1 rings (SSSR count). The summed E-state index contributed by atoms with van der Waals surface area (Å²) >= 11 is 11.5. The molecule has 0 aliphatic carbocycles. The van der Waals surface area contributed by atoms with Crippen molar-refractivity contribution < 1.29 is 0 Å². The van der Waals surface area contributed by atoms with E-state index in [1.165, 1.54) is 5.56 Å². The molecule has 3 heteroatoms. The van der Waals surface area contributed by atoms with E-state index in [0.29, 0.717) is 0 Å². The van der Waals surface area contributed by atoms with Crippen LogP contribution in [0.15, 0.2) is 22.7 Å². The Hall–Kier alpha value is 0.720. The second-order valence-corrected chi connectivity index (χ2v) is 3.92. The molecule has 0 unspecified atom stereocenters. The van der Waals surface area contributed by atoms with E-state index in [-0.39, 0.29) is 0 Å². The molecule has 10 heavy (non-hydrogen) atoms. The first-order valence-electron chi connectivity index (χ1n) is 2.74. The Morgan fingerprint density at radius 2 is 2.20 bits per heavy atom. The molecule has 0 spiro atoms. The van der Waals surface area contributed by atoms with Gasteiger partial charge in [0.05, 0.1) is 0 Å². The summed E-state index contributed by atoms with van der Waals surface area (Å²) < 4.78 is 2.10. The Morgan fingerprint density at radius 3 is 2.70 bits per heavy atom. The first-order valence-corrected chi connectivity index (χ1v) is 5.43. The normalized spacial score (nSPS) is 9.90. The molecule has 0 amide bonds. The summed E-state index contributed by atoms with van der Waals surface area (Å²) in [5, 5.41) is 0.778. The highest BCUT2D eigenvalue weighted by Gasteiger charge is 1.96. The molecule has 0 radical (unpaired) electrons. The molecule has 1 aromatic rings. The zero-order valence-electron chi connectivity index (χ0n) is 5.07. The van der Waals surface area contributed by atoms with Crippen molar-refractivity contribution >= 4 is 50.1 Å². The maximum Gasteiger partial charge on any atom is 0.0417 e. The zero-order chi connectivity index (χ0) is 7.56. The zero-order valence-corrected chi connectivity index (χ0v) is 9.57. The second-order valence-electron chi connectivity index (χ2n) is 1.87. The van der Waals surface area contributed by atoms with Crippen LogP contribution in [0.3, 0.4) is 0 Å². The highest BCUT2D eigenvalue weighted by Crippen LogP contribution is 2.23. The van der Waals surface area contributed by atoms with Crippen molar-refractivity contribution in [1.29, 1.82) is 0 Å². The van der Waals surface area contributed by atoms with Crippen LogP contribution in [0.5, 0.6) is 0 Å². The van der Waals surface area contributed by atoms with Crippen LogP contribution in [0, 0.1) is 0 Å². The standard InChI is InChI=1S/C7H5BrClI/c8-7-3-6(9)2-1-5(7)4-10/h1-3H,4H2. The predicted molar refractivity (Wildman–Crippen MR) is 56.9 cm³/mol. The summed E-state index contributed by atoms with van der Waals surface area (Å²) in [6, 6.07) is 5.84. The second kappa shape index (κ2) is 3.93. The van der Waals surface area contributed by atoms with E-state index in [4.69, 9.17) is 11.6 Å². The third-order valence-corrected chi connectivity index (χ3v) is 2.95. The maximum atomic E-state index is 5.74. The fraction of sp³-hybridized carbons (Fsp3) is 0.143. The Balaban J connectivity index is 3.07. The van der Waals surface area contributed by atoms with Gasteiger partial charge in [0.15, 0.2) is 0 Å². The van der Waals surface area contributed by atoms with Gasteiger partial charge in [0.25, 0.3) is 0 Å². The highest BCUT2D eigenvalue weighted by atomic mass is 127. The lowest BCUT2D eigenvalue weighted by Crippen LogP contribution is -1.77. The van der Waals surface area contributed by atoms with E-state index in [1.807, 2.05) is 18.2 Å². The number of halogens is 3. The van der Waals surface area contributed by atoms with Crippen molar-refractivity contribution in [3.63, 3.8) is 0 Å². The van der Waals surface area contributed by atoms with Crippen molar-refractivity contribution in [3.05, 3.63) is 33.3 Å². The minimum absolute atomic E-state index is 0.778. The van der Waals surface area contributed by atoms with Crippen LogP contribution >= 0.6 is 50.1 Å². The molecule has 1 aromatic carbocycles. The molecule has 0 saturated carbocycles. The molecule has 0 fully saturated rings. The smallest absolute Gasteiger partial charge is 0.0417 e. The maximum absolute atomic E-state index is 5.74. The summed E-state index contributed by atoms with van der Waals surface area (Å²) in [5.74, 6) is 0. The number of alkyl halides is 1. The van der Waals surface area contributed by atoms with E-state index in [2.05, 4.69) is 38.5 Å². The van der Waals surface area contributed by atoms with Crippen LogP contribution in [0.4, 0.5) is 0 Å². The average Bonchev–Trinajstić information content (AvgIpc) is 1.88. The van der Waals surface area contributed by atoms with Crippen molar-refractivity contribution in [2.24, 2.45) is 0 Å². The Bertz CT molecular complexity index is 237. The number of rotatable bonds is 1. The van der Waals surface area contributed by atoms with Gasteiger partial charge in [-0.15, -0.1) is 0 Å². The minimum Gasteiger partial charge on any atom is -0.0843 e. The topological polar surface area (TPSA) is 0 Å². The van der Waals surface area contributed by atoms with Crippen molar-refractivity contribution in [1.82, 2.24) is 0 Å². The Morgan fingerprint density at radius 1 is 1.50 bits per heavy atom. The Kier molecular flexibility index (Phi) is 3.46. The van der Waals surface area contributed by atoms with Gasteiger partial charge in [-0.1, -0.05) is 56.2 Å². The number of benzene rings is 1. The van der Waals surface area contributed by atoms with Gasteiger partial charge in [0.2, 0.25) is 0 Å². The van der Waals surface area contributed by atoms with Crippen molar-refractivity contribution in [2.75, 3.05) is 0 Å². The lowest BCUT2D eigenvalue weighted by atomic mass is 10.2. The summed E-state index contributed by atoms with van der Waals surface area (Å²) in [5.41, 5.74) is 1.28. The summed E-state index contributed by atoms with van der Waals surface area (Å²) in [6.07, 6.45) is 0. The molecule has 0 bridgehead atoms. The van der Waals surface area contributed by atoms with E-state index < -0.39 is 0 Å². The third kappa shape index (κ3) is 2.10. The molecule has 0 saturated heterocycles. The van der Waals surface area contributed by atoms with E-state index in [0.717, 1.165) is 13.9 Å². The molecule has 54 valence electrons. The molecule has 0 heterocycles. The number of hydrogen-bond donors (Lipinski definition) is 0. The first kappa shape index (κ1) is 8.81. The first-order chi connectivity index (χ1) is 4.74. The van der Waals surface area contributed by atoms with Crippen molar-refractivity contribution in [3.8, 4) is 0 Å². The van der Waals surface area contributed by atoms with Crippen LogP contribution in [0.1, 0.15) is 5.56 Å². The van der Waals surface area contributed by atoms with Crippen LogP contribution in [0.25, 0.3) is 0 Å². The van der Waals surface area contributed by atoms with Crippen LogP contribution < -0.4 is 0 Å². The molecular weight excluding hydrogens is 326 g/mol. The van der Waals surface area contributed by atoms with Crippen molar-refractivity contribution in [2.45, 2.75) is 4.43 Å². The van der Waals surface area contributed by atoms with Gasteiger partial charge in [-0.25, -0.2) is 0 Å². The number of hydrogen-bond acceptors (Lipinski definition) is 0. The highest BCUT2D eigenvalue weighted by molar-refractivity contribution is 14.1. The average molecular weight is 331 g/mol. The van der Waals surface area contributed by atoms with Gasteiger partial charge in [0.1, 0.15) is 0 Å². The van der Waals surface area contributed by atoms with Gasteiger partial charge < -0.3 is 0 Å². The third-order valence-electron chi connectivity index (χ3n) is 1.16. The van der Waals surface area contributed by atoms with Crippen LogP contribution in [-0.4, -0.2) is 0 Å². The van der Waals surface area contributed by atoms with Crippen LogP contribution in [-0.2, 0) is 4.43 Å². The van der Waals surface area contributed by atoms with Crippen LogP contribution in [0.2, 0.25) is 5.02 Å². The van der Waals surface area contributed by atoms with E-state index >= 15 is 0 Å². The van der Waals surface area contributed by atoms with Gasteiger partial charge in [-0.05, 0) is 17.7 Å². The lowest BCUT2D eigenvalue weighted by molar-refractivity contribution is 1.42. The summed E-state index contributed by atoms with van der Waals surface area (Å²) in [4.78, 5) is 0. The fourth-order valence-corrected chi connectivity index (χ4v) is 2.64. The largest absolute Gasteiger partial charge is 0.0843 e.